The van der Waals surface area contributed by atoms with Gasteiger partial charge in [-0.15, -0.1) is 0 Å². The van der Waals surface area contributed by atoms with Gasteiger partial charge in [0.25, 0.3) is 0 Å². The number of ether oxygens (including phenoxy) is 1. The van der Waals surface area contributed by atoms with E-state index in [1.807, 2.05) is 0 Å². The molecule has 0 radical (unpaired) electrons. The first-order valence-electron chi connectivity index (χ1n) is 9.88. The summed E-state index contributed by atoms with van der Waals surface area (Å²) in [6.07, 6.45) is -11.1. The lowest BCUT2D eigenvalue weighted by Crippen LogP contribution is -2.51. The van der Waals surface area contributed by atoms with Crippen molar-refractivity contribution in [1.82, 2.24) is 4.98 Å². The number of hydrogen-bond acceptors (Lipinski definition) is 2. The van der Waals surface area contributed by atoms with Gasteiger partial charge in [0.1, 0.15) is 5.75 Å². The summed E-state index contributed by atoms with van der Waals surface area (Å²) >= 11 is 3.30. The normalized spacial score (nSPS) is 15.0. The number of benzene rings is 2. The maximum absolute atomic E-state index is 14.1. The highest BCUT2D eigenvalue weighted by Crippen LogP contribution is 2.45. The molecule has 10 heteroatoms. The molecule has 2 aromatic carbocycles. The summed E-state index contributed by atoms with van der Waals surface area (Å²) in [4.78, 5) is 2.70. The molecule has 180 valence electrons. The van der Waals surface area contributed by atoms with E-state index in [9.17, 15) is 31.4 Å². The molecule has 2 N–H and O–H groups in total. The third-order valence-electron chi connectivity index (χ3n) is 5.64. The smallest absolute Gasteiger partial charge is 0.417 e. The van der Waals surface area contributed by atoms with E-state index in [0.29, 0.717) is 15.8 Å². The first-order chi connectivity index (χ1) is 15.1. The van der Waals surface area contributed by atoms with Crippen LogP contribution in [0.4, 0.5) is 26.3 Å². The Labute approximate surface area is 194 Å². The van der Waals surface area contributed by atoms with Gasteiger partial charge in [-0.1, -0.05) is 29.8 Å². The van der Waals surface area contributed by atoms with Crippen molar-refractivity contribution in [2.24, 2.45) is 0 Å². The fourth-order valence-electron chi connectivity index (χ4n) is 4.08. The van der Waals surface area contributed by atoms with Crippen LogP contribution < -0.4 is 4.74 Å². The van der Waals surface area contributed by atoms with Crippen molar-refractivity contribution in [3.8, 4) is 5.75 Å². The Morgan fingerprint density at radius 1 is 0.970 bits per heavy atom. The van der Waals surface area contributed by atoms with Crippen molar-refractivity contribution in [3.63, 3.8) is 0 Å². The van der Waals surface area contributed by atoms with Gasteiger partial charge >= 0.3 is 12.4 Å². The molecule has 1 heterocycles. The third kappa shape index (κ3) is 5.32. The van der Waals surface area contributed by atoms with Crippen molar-refractivity contribution in [3.05, 3.63) is 63.8 Å². The molecule has 33 heavy (non-hydrogen) atoms. The summed E-state index contributed by atoms with van der Waals surface area (Å²) in [5.74, 6) is 0.373. The van der Waals surface area contributed by atoms with Crippen molar-refractivity contribution >= 4 is 26.8 Å². The number of aromatic nitrogens is 1. The van der Waals surface area contributed by atoms with E-state index >= 15 is 0 Å². The Hall–Kier alpha value is -2.20. The Bertz CT molecular complexity index is 1150. The lowest BCUT2D eigenvalue weighted by molar-refractivity contribution is -0.266. The molecule has 0 spiro atoms. The average molecular weight is 538 g/mol. The van der Waals surface area contributed by atoms with Crippen molar-refractivity contribution in [2.75, 3.05) is 7.11 Å². The van der Waals surface area contributed by atoms with Crippen LogP contribution in [0.1, 0.15) is 37.1 Å². The highest BCUT2D eigenvalue weighted by Gasteiger charge is 2.56. The molecule has 0 aliphatic carbocycles. The van der Waals surface area contributed by atoms with E-state index in [4.69, 9.17) is 4.74 Å². The first-order valence-corrected chi connectivity index (χ1v) is 10.7. The molecule has 0 saturated heterocycles. The molecule has 3 rings (SSSR count). The molecular weight excluding hydrogens is 516 g/mol. The summed E-state index contributed by atoms with van der Waals surface area (Å²) < 4.78 is 87.2. The van der Waals surface area contributed by atoms with E-state index < -0.39 is 41.8 Å². The van der Waals surface area contributed by atoms with Gasteiger partial charge in [0.15, 0.2) is 5.60 Å². The molecule has 0 bridgehead atoms. The van der Waals surface area contributed by atoms with Crippen LogP contribution in [0.5, 0.6) is 5.75 Å². The Morgan fingerprint density at radius 3 is 2.21 bits per heavy atom. The van der Waals surface area contributed by atoms with Crippen LogP contribution in [0, 0.1) is 0 Å². The molecule has 3 aromatic rings. The van der Waals surface area contributed by atoms with E-state index in [1.165, 1.54) is 13.2 Å². The van der Waals surface area contributed by atoms with Gasteiger partial charge in [0.2, 0.25) is 0 Å². The number of aromatic amines is 1. The molecular formula is C23H22BrF6NO2. The molecule has 0 saturated carbocycles. The topological polar surface area (TPSA) is 45.2 Å². The van der Waals surface area contributed by atoms with Crippen LogP contribution in [-0.2, 0) is 18.0 Å². The van der Waals surface area contributed by atoms with Crippen LogP contribution in [0.15, 0.2) is 46.9 Å². The zero-order chi connectivity index (χ0) is 24.8. The number of rotatable bonds is 6. The number of nitrogens with one attached hydrogen (secondary N) is 1. The molecule has 1 atom stereocenters. The average Bonchev–Trinajstić information content (AvgIpc) is 3.07. The number of halogens is 7. The van der Waals surface area contributed by atoms with Gasteiger partial charge < -0.3 is 14.8 Å². The van der Waals surface area contributed by atoms with Gasteiger partial charge in [0.05, 0.1) is 12.7 Å². The van der Waals surface area contributed by atoms with E-state index in [0.717, 1.165) is 18.2 Å². The van der Waals surface area contributed by atoms with Crippen LogP contribution in [0.25, 0.3) is 10.9 Å². The number of methoxy groups -OCH3 is 1. The lowest BCUT2D eigenvalue weighted by Gasteiger charge is -2.38. The van der Waals surface area contributed by atoms with Crippen LogP contribution in [-0.4, -0.2) is 29.0 Å². The largest absolute Gasteiger partial charge is 0.496 e. The van der Waals surface area contributed by atoms with E-state index in [-0.39, 0.29) is 16.6 Å². The minimum Gasteiger partial charge on any atom is -0.496 e. The summed E-state index contributed by atoms with van der Waals surface area (Å²) in [7, 11) is 1.40. The molecule has 1 aromatic heterocycles. The Balaban J connectivity index is 1.99. The third-order valence-corrected chi connectivity index (χ3v) is 6.13. The summed E-state index contributed by atoms with van der Waals surface area (Å²) in [6, 6.07) is 9.01. The lowest BCUT2D eigenvalue weighted by atomic mass is 9.73. The summed E-state index contributed by atoms with van der Waals surface area (Å²) in [6.45, 7) is 3.13. The van der Waals surface area contributed by atoms with E-state index in [2.05, 4.69) is 20.9 Å². The summed E-state index contributed by atoms with van der Waals surface area (Å²) in [5.41, 5.74) is -4.55. The second-order valence-electron chi connectivity index (χ2n) is 8.71. The van der Waals surface area contributed by atoms with Crippen molar-refractivity contribution in [1.29, 1.82) is 0 Å². The number of aliphatic hydroxyl groups is 1. The zero-order valence-corrected chi connectivity index (χ0v) is 19.5. The predicted octanol–water partition coefficient (Wildman–Crippen LogP) is 7.16. The number of alkyl halides is 6. The minimum atomic E-state index is -5.00. The minimum absolute atomic E-state index is 0.0267. The molecule has 0 fully saturated rings. The Kier molecular flexibility index (Phi) is 6.58. The van der Waals surface area contributed by atoms with Gasteiger partial charge in [0, 0.05) is 33.1 Å². The zero-order valence-electron chi connectivity index (χ0n) is 18.0. The van der Waals surface area contributed by atoms with Crippen molar-refractivity contribution in [2.45, 2.75) is 50.1 Å². The highest BCUT2D eigenvalue weighted by molar-refractivity contribution is 9.10. The standard InChI is InChI=1S/C23H22BrF6NO2/c1-20(2,17-10-15(24)5-7-19(17)33-3)12-21(32,23(28,29)30)11-16-9-13-8-14(22(25,26)27)4-6-18(13)31-16/h4-10,31-32H,11-12H2,1-3H3. The molecule has 0 aliphatic rings. The maximum Gasteiger partial charge on any atom is 0.417 e. The second kappa shape index (κ2) is 8.54. The SMILES string of the molecule is COc1ccc(Br)cc1C(C)(C)CC(O)(Cc1cc2cc(C(F)(F)F)ccc2[nH]1)C(F)(F)F. The number of fused-ring (bicyclic) bond motifs is 1. The maximum atomic E-state index is 14.1. The number of H-pyrrole nitrogens is 1. The van der Waals surface area contributed by atoms with Crippen molar-refractivity contribution < 1.29 is 36.2 Å². The molecule has 0 amide bonds. The van der Waals surface area contributed by atoms with Gasteiger partial charge in [-0.3, -0.25) is 0 Å². The van der Waals surface area contributed by atoms with Gasteiger partial charge in [-0.2, -0.15) is 26.3 Å². The summed E-state index contributed by atoms with van der Waals surface area (Å²) in [5, 5.41) is 11.0. The van der Waals surface area contributed by atoms with Crippen LogP contribution in [0.3, 0.4) is 0 Å². The Morgan fingerprint density at radius 2 is 1.64 bits per heavy atom. The first kappa shape index (κ1) is 25.4. The van der Waals surface area contributed by atoms with Gasteiger partial charge in [-0.25, -0.2) is 0 Å². The second-order valence-corrected chi connectivity index (χ2v) is 9.62. The molecule has 1 unspecified atom stereocenters. The monoisotopic (exact) mass is 537 g/mol. The molecule has 0 aliphatic heterocycles. The quantitative estimate of drug-likeness (QED) is 0.327. The van der Waals surface area contributed by atoms with Crippen LogP contribution in [0.2, 0.25) is 0 Å². The van der Waals surface area contributed by atoms with E-state index in [1.54, 1.807) is 32.0 Å². The molecule has 3 nitrogen and oxygen atoms in total. The highest BCUT2D eigenvalue weighted by atomic mass is 79.9. The van der Waals surface area contributed by atoms with Crippen LogP contribution >= 0.6 is 15.9 Å². The van der Waals surface area contributed by atoms with Gasteiger partial charge in [-0.05, 0) is 54.3 Å². The fraction of sp³-hybridized carbons (Fsp3) is 0.391. The fourth-order valence-corrected chi connectivity index (χ4v) is 4.44. The number of hydrogen-bond donors (Lipinski definition) is 2. The predicted molar refractivity (Wildman–Crippen MR) is 116 cm³/mol.